The molecule has 0 fully saturated rings. The van der Waals surface area contributed by atoms with Crippen molar-refractivity contribution in [3.63, 3.8) is 0 Å². The fraction of sp³-hybridized carbons (Fsp3) is 0.458. The van der Waals surface area contributed by atoms with E-state index in [9.17, 15) is 5.11 Å². The largest absolute Gasteiger partial charge is 0.505 e. The van der Waals surface area contributed by atoms with Gasteiger partial charge in [0.2, 0.25) is 0 Å². The van der Waals surface area contributed by atoms with Crippen LogP contribution in [0.4, 0.5) is 0 Å². The number of rotatable bonds is 7. The lowest BCUT2D eigenvalue weighted by Crippen LogP contribution is -2.15. The predicted molar refractivity (Wildman–Crippen MR) is 121 cm³/mol. The Labute approximate surface area is 178 Å². The molecule has 0 saturated carbocycles. The number of phenols is 1. The van der Waals surface area contributed by atoms with E-state index in [1.165, 1.54) is 29.6 Å². The molecule has 0 aliphatic carbocycles. The Balaban J connectivity index is 2.13. The van der Waals surface area contributed by atoms with Crippen LogP contribution in [0.25, 0.3) is 16.7 Å². The molecule has 29 heavy (non-hydrogen) atoms. The van der Waals surface area contributed by atoms with Gasteiger partial charge in [0.25, 0.3) is 0 Å². The van der Waals surface area contributed by atoms with Gasteiger partial charge in [0.05, 0.1) is 0 Å². The molecule has 1 aromatic heterocycles. The highest BCUT2D eigenvalue weighted by molar-refractivity contribution is 6.31. The minimum absolute atomic E-state index is 0.208. The molecule has 1 radical (unpaired) electrons. The van der Waals surface area contributed by atoms with E-state index in [2.05, 4.69) is 50.9 Å². The Morgan fingerprint density at radius 1 is 1.10 bits per heavy atom. The van der Waals surface area contributed by atoms with E-state index in [0.29, 0.717) is 22.1 Å². The lowest BCUT2D eigenvalue weighted by atomic mass is 9.81. The van der Waals surface area contributed by atoms with E-state index in [1.54, 1.807) is 12.1 Å². The maximum Gasteiger partial charge on any atom is 0.146 e. The molecule has 3 rings (SSSR count). The maximum atomic E-state index is 11.1. The Kier molecular flexibility index (Phi) is 6.52. The van der Waals surface area contributed by atoms with Crippen LogP contribution in [-0.2, 0) is 5.41 Å². The molecule has 1 atom stereocenters. The average Bonchev–Trinajstić information content (AvgIpc) is 3.07. The first kappa shape index (κ1) is 21.6. The summed E-state index contributed by atoms with van der Waals surface area (Å²) in [7, 11) is 0. The molecule has 1 unspecified atom stereocenters. The van der Waals surface area contributed by atoms with Crippen LogP contribution in [0.15, 0.2) is 30.3 Å². The monoisotopic (exact) mass is 412 g/mol. The first-order valence-corrected chi connectivity index (χ1v) is 10.8. The van der Waals surface area contributed by atoms with Crippen LogP contribution in [0.2, 0.25) is 5.02 Å². The summed E-state index contributed by atoms with van der Waals surface area (Å²) in [5.41, 5.74) is 3.93. The normalized spacial score (nSPS) is 13.2. The third kappa shape index (κ3) is 4.75. The zero-order valence-corrected chi connectivity index (χ0v) is 18.6. The number of phenolic OH excluding ortho intramolecular Hbond substituents is 1. The third-order valence-electron chi connectivity index (χ3n) is 5.45. The molecule has 0 saturated heterocycles. The zero-order chi connectivity index (χ0) is 21.2. The smallest absolute Gasteiger partial charge is 0.146 e. The van der Waals surface area contributed by atoms with Crippen molar-refractivity contribution in [1.29, 1.82) is 0 Å². The number of hydrogen-bond donors (Lipinski definition) is 1. The second-order valence-corrected chi connectivity index (χ2v) is 9.23. The van der Waals surface area contributed by atoms with Crippen molar-refractivity contribution in [3.8, 4) is 11.4 Å². The van der Waals surface area contributed by atoms with Crippen LogP contribution < -0.4 is 0 Å². The van der Waals surface area contributed by atoms with Gasteiger partial charge in [-0.1, -0.05) is 71.5 Å². The van der Waals surface area contributed by atoms with E-state index in [1.807, 2.05) is 12.1 Å². The summed E-state index contributed by atoms with van der Waals surface area (Å²) in [6, 6.07) is 9.59. The molecule has 3 aromatic rings. The Morgan fingerprint density at radius 2 is 1.83 bits per heavy atom. The molecule has 0 amide bonds. The van der Waals surface area contributed by atoms with Gasteiger partial charge in [-0.05, 0) is 54.0 Å². The SMILES string of the molecule is [CH2]CC(CCCCC)c1cc(-n2nc3ccc(Cl)cc3n2)c(O)c(C(C)(C)C)c1. The third-order valence-corrected chi connectivity index (χ3v) is 5.69. The minimum Gasteiger partial charge on any atom is -0.505 e. The molecule has 1 N–H and O–H groups in total. The van der Waals surface area contributed by atoms with Gasteiger partial charge in [-0.2, -0.15) is 0 Å². The number of nitrogens with zero attached hydrogens (tertiary/aromatic N) is 3. The predicted octanol–water partition coefficient (Wildman–Crippen LogP) is 6.97. The van der Waals surface area contributed by atoms with Gasteiger partial charge in [-0.15, -0.1) is 15.0 Å². The van der Waals surface area contributed by atoms with Gasteiger partial charge >= 0.3 is 0 Å². The van der Waals surface area contributed by atoms with Crippen molar-refractivity contribution in [3.05, 3.63) is 53.4 Å². The van der Waals surface area contributed by atoms with Crippen LogP contribution >= 0.6 is 11.6 Å². The second kappa shape index (κ2) is 8.74. The summed E-state index contributed by atoms with van der Waals surface area (Å²) in [5, 5.41) is 20.9. The van der Waals surface area contributed by atoms with Crippen molar-refractivity contribution >= 4 is 22.6 Å². The van der Waals surface area contributed by atoms with Crippen LogP contribution in [0.1, 0.15) is 76.8 Å². The second-order valence-electron chi connectivity index (χ2n) is 8.79. The first-order valence-electron chi connectivity index (χ1n) is 10.4. The van der Waals surface area contributed by atoms with E-state index in [-0.39, 0.29) is 11.2 Å². The molecule has 2 aromatic carbocycles. The summed E-state index contributed by atoms with van der Waals surface area (Å²) in [4.78, 5) is 1.53. The number of halogens is 1. The van der Waals surface area contributed by atoms with Crippen molar-refractivity contribution in [1.82, 2.24) is 15.0 Å². The Bertz CT molecular complexity index is 988. The van der Waals surface area contributed by atoms with Gasteiger partial charge in [-0.25, -0.2) is 0 Å². The molecule has 0 aliphatic rings. The van der Waals surface area contributed by atoms with Gasteiger partial charge in [-0.3, -0.25) is 0 Å². The lowest BCUT2D eigenvalue weighted by Gasteiger charge is -2.25. The summed E-state index contributed by atoms with van der Waals surface area (Å²) >= 11 is 6.10. The van der Waals surface area contributed by atoms with E-state index in [4.69, 9.17) is 11.6 Å². The Morgan fingerprint density at radius 3 is 2.48 bits per heavy atom. The maximum absolute atomic E-state index is 11.1. The fourth-order valence-electron chi connectivity index (χ4n) is 3.71. The average molecular weight is 413 g/mol. The van der Waals surface area contributed by atoms with Gasteiger partial charge in [0.15, 0.2) is 0 Å². The highest BCUT2D eigenvalue weighted by atomic mass is 35.5. The van der Waals surface area contributed by atoms with Crippen LogP contribution in [0, 0.1) is 6.92 Å². The van der Waals surface area contributed by atoms with Crippen LogP contribution in [0.5, 0.6) is 5.75 Å². The molecule has 0 spiro atoms. The van der Waals surface area contributed by atoms with Gasteiger partial charge in [0, 0.05) is 10.6 Å². The number of benzene rings is 2. The Hall–Kier alpha value is -2.07. The quantitative estimate of drug-likeness (QED) is 0.426. The summed E-state index contributed by atoms with van der Waals surface area (Å²) in [6.45, 7) is 12.7. The molecule has 1 heterocycles. The number of aromatic nitrogens is 3. The topological polar surface area (TPSA) is 50.9 Å². The fourth-order valence-corrected chi connectivity index (χ4v) is 3.88. The van der Waals surface area contributed by atoms with Gasteiger partial charge in [0.1, 0.15) is 22.5 Å². The number of unbranched alkanes of at least 4 members (excludes halogenated alkanes) is 2. The molecule has 5 heteroatoms. The summed E-state index contributed by atoms with van der Waals surface area (Å²) < 4.78 is 0. The number of fused-ring (bicyclic) bond motifs is 1. The van der Waals surface area contributed by atoms with Crippen molar-refractivity contribution in [2.45, 2.75) is 71.1 Å². The molecule has 0 aliphatic heterocycles. The molecule has 4 nitrogen and oxygen atoms in total. The molecular formula is C24H31ClN3O. The number of hydrogen-bond acceptors (Lipinski definition) is 3. The van der Waals surface area contributed by atoms with Crippen LogP contribution in [-0.4, -0.2) is 20.1 Å². The number of aromatic hydroxyl groups is 1. The van der Waals surface area contributed by atoms with E-state index < -0.39 is 0 Å². The minimum atomic E-state index is -0.208. The summed E-state index contributed by atoms with van der Waals surface area (Å²) in [6.07, 6.45) is 5.52. The van der Waals surface area contributed by atoms with Crippen molar-refractivity contribution < 1.29 is 5.11 Å². The van der Waals surface area contributed by atoms with Gasteiger partial charge < -0.3 is 5.11 Å². The van der Waals surface area contributed by atoms with Crippen LogP contribution in [0.3, 0.4) is 0 Å². The molecule has 155 valence electrons. The van der Waals surface area contributed by atoms with E-state index in [0.717, 1.165) is 23.9 Å². The van der Waals surface area contributed by atoms with E-state index >= 15 is 0 Å². The standard InChI is InChI=1S/C24H31ClN3O/c1-6-8-9-10-16(7-2)17-13-19(24(3,4)5)23(29)22(14-17)28-26-20-12-11-18(25)15-21(20)27-28/h11-16,29H,2,6-10H2,1,3-5H3. The highest BCUT2D eigenvalue weighted by Crippen LogP contribution is 2.39. The van der Waals surface area contributed by atoms with Crippen molar-refractivity contribution in [2.75, 3.05) is 0 Å². The molecular weight excluding hydrogens is 382 g/mol. The highest BCUT2D eigenvalue weighted by Gasteiger charge is 2.25. The first-order chi connectivity index (χ1) is 13.7. The molecule has 0 bridgehead atoms. The van der Waals surface area contributed by atoms with Crippen molar-refractivity contribution in [2.24, 2.45) is 0 Å². The zero-order valence-electron chi connectivity index (χ0n) is 17.9. The summed E-state index contributed by atoms with van der Waals surface area (Å²) in [5.74, 6) is 0.574. The lowest BCUT2D eigenvalue weighted by molar-refractivity contribution is 0.439.